The first-order valence-corrected chi connectivity index (χ1v) is 8.03. The number of nitrogens with zero attached hydrogens (tertiary/aromatic N) is 3. The van der Waals surface area contributed by atoms with Crippen LogP contribution in [0, 0.1) is 6.92 Å². The molecule has 1 saturated carbocycles. The Morgan fingerprint density at radius 1 is 1.27 bits per heavy atom. The predicted molar refractivity (Wildman–Crippen MR) is 88.3 cm³/mol. The van der Waals surface area contributed by atoms with Gasteiger partial charge < -0.3 is 14.4 Å². The van der Waals surface area contributed by atoms with Crippen LogP contribution >= 0.6 is 0 Å². The zero-order valence-electron chi connectivity index (χ0n) is 14.1. The molecule has 1 fully saturated rings. The minimum absolute atomic E-state index is 0.194. The average Bonchev–Trinajstić information content (AvgIpc) is 3.01. The van der Waals surface area contributed by atoms with Crippen LogP contribution in [0.5, 0.6) is 0 Å². The van der Waals surface area contributed by atoms with Crippen LogP contribution in [-0.2, 0) is 7.05 Å². The van der Waals surface area contributed by atoms with Gasteiger partial charge in [-0.05, 0) is 26.8 Å². The minimum atomic E-state index is -0.198. The quantitative estimate of drug-likeness (QED) is 0.831. The third-order valence-electron chi connectivity index (χ3n) is 4.80. The van der Waals surface area contributed by atoms with Crippen LogP contribution in [0.1, 0.15) is 41.7 Å². The third-order valence-corrected chi connectivity index (χ3v) is 4.80. The summed E-state index contributed by atoms with van der Waals surface area (Å²) in [7, 11) is 5.74. The van der Waals surface area contributed by atoms with Gasteiger partial charge in [-0.1, -0.05) is 12.8 Å². The summed E-state index contributed by atoms with van der Waals surface area (Å²) in [6.45, 7) is 3.35. The van der Waals surface area contributed by atoms with Crippen LogP contribution in [0.15, 0.2) is 17.1 Å². The molecule has 5 heteroatoms. The molecule has 1 aromatic rings. The molecule has 122 valence electrons. The third kappa shape index (κ3) is 3.77. The summed E-state index contributed by atoms with van der Waals surface area (Å²) < 4.78 is 1.81. The van der Waals surface area contributed by atoms with Crippen molar-refractivity contribution in [3.05, 3.63) is 33.7 Å². The summed E-state index contributed by atoms with van der Waals surface area (Å²) in [5, 5.41) is 0. The highest BCUT2D eigenvalue weighted by atomic mass is 16.2. The molecule has 0 spiro atoms. The molecule has 0 unspecified atom stereocenters. The van der Waals surface area contributed by atoms with Crippen LogP contribution in [-0.4, -0.2) is 53.5 Å². The Hall–Kier alpha value is -1.62. The highest BCUT2D eigenvalue weighted by Crippen LogP contribution is 2.22. The van der Waals surface area contributed by atoms with Gasteiger partial charge in [0.15, 0.2) is 5.43 Å². The number of aryl methyl sites for hydroxylation is 2. The maximum atomic E-state index is 12.5. The van der Waals surface area contributed by atoms with Crippen LogP contribution in [0.25, 0.3) is 0 Å². The van der Waals surface area contributed by atoms with E-state index in [9.17, 15) is 9.59 Å². The Balaban J connectivity index is 1.97. The minimum Gasteiger partial charge on any atom is -0.354 e. The fourth-order valence-corrected chi connectivity index (χ4v) is 3.03. The van der Waals surface area contributed by atoms with Gasteiger partial charge in [0.2, 0.25) is 0 Å². The van der Waals surface area contributed by atoms with Gasteiger partial charge in [0, 0.05) is 51.2 Å². The van der Waals surface area contributed by atoms with E-state index in [1.54, 1.807) is 18.1 Å². The lowest BCUT2D eigenvalue weighted by Crippen LogP contribution is -2.39. The number of carbonyl (C=O) groups excluding carboxylic acids is 1. The molecule has 0 N–H and O–H groups in total. The second-order valence-corrected chi connectivity index (χ2v) is 6.45. The number of pyridine rings is 1. The van der Waals surface area contributed by atoms with Crippen molar-refractivity contribution in [3.63, 3.8) is 0 Å². The average molecular weight is 305 g/mol. The van der Waals surface area contributed by atoms with E-state index in [-0.39, 0.29) is 16.9 Å². The first kappa shape index (κ1) is 16.7. The van der Waals surface area contributed by atoms with E-state index < -0.39 is 0 Å². The molecule has 0 bridgehead atoms. The van der Waals surface area contributed by atoms with Crippen molar-refractivity contribution >= 4 is 5.91 Å². The van der Waals surface area contributed by atoms with Crippen molar-refractivity contribution in [2.75, 3.05) is 27.2 Å². The normalized spacial score (nSPS) is 15.5. The summed E-state index contributed by atoms with van der Waals surface area (Å²) in [5.74, 6) is -0.194. The van der Waals surface area contributed by atoms with Crippen molar-refractivity contribution in [2.45, 2.75) is 38.6 Å². The van der Waals surface area contributed by atoms with Crippen molar-refractivity contribution in [2.24, 2.45) is 7.05 Å². The van der Waals surface area contributed by atoms with Gasteiger partial charge >= 0.3 is 0 Å². The van der Waals surface area contributed by atoms with Crippen LogP contribution in [0.4, 0.5) is 0 Å². The van der Waals surface area contributed by atoms with Gasteiger partial charge in [-0.2, -0.15) is 0 Å². The summed E-state index contributed by atoms with van der Waals surface area (Å²) in [6.07, 6.45) is 6.77. The topological polar surface area (TPSA) is 45.6 Å². The highest BCUT2D eigenvalue weighted by Gasteiger charge is 2.21. The van der Waals surface area contributed by atoms with E-state index in [0.29, 0.717) is 12.6 Å². The Morgan fingerprint density at radius 2 is 1.91 bits per heavy atom. The van der Waals surface area contributed by atoms with Crippen molar-refractivity contribution < 1.29 is 4.79 Å². The standard InChI is InChI=1S/C17H27N3O2/c1-13-11-16(21)15(12-20(13)4)17(22)19(3)10-9-18(2)14-7-5-6-8-14/h11-12,14H,5-10H2,1-4H3. The van der Waals surface area contributed by atoms with Crippen LogP contribution in [0.3, 0.4) is 0 Å². The molecule has 1 aliphatic rings. The van der Waals surface area contributed by atoms with Crippen molar-refractivity contribution in [1.29, 1.82) is 0 Å². The molecule has 5 nitrogen and oxygen atoms in total. The number of rotatable bonds is 5. The zero-order valence-corrected chi connectivity index (χ0v) is 14.1. The molecule has 1 amide bonds. The van der Waals surface area contributed by atoms with Gasteiger partial charge in [-0.3, -0.25) is 9.59 Å². The Bertz CT molecular complexity index is 588. The first-order chi connectivity index (χ1) is 10.4. The fourth-order valence-electron chi connectivity index (χ4n) is 3.03. The first-order valence-electron chi connectivity index (χ1n) is 8.03. The Labute approximate surface area is 132 Å². The highest BCUT2D eigenvalue weighted by molar-refractivity contribution is 5.93. The lowest BCUT2D eigenvalue weighted by atomic mass is 10.2. The van der Waals surface area contributed by atoms with E-state index in [1.165, 1.54) is 31.7 Å². The monoisotopic (exact) mass is 305 g/mol. The molecule has 0 aromatic carbocycles. The van der Waals surface area contributed by atoms with E-state index in [4.69, 9.17) is 0 Å². The van der Waals surface area contributed by atoms with E-state index in [2.05, 4.69) is 11.9 Å². The Kier molecular flexibility index (Phi) is 5.40. The number of aromatic nitrogens is 1. The van der Waals surface area contributed by atoms with E-state index in [0.717, 1.165) is 12.2 Å². The summed E-state index contributed by atoms with van der Waals surface area (Å²) >= 11 is 0. The largest absolute Gasteiger partial charge is 0.354 e. The molecule has 0 radical (unpaired) electrons. The maximum absolute atomic E-state index is 12.5. The SMILES string of the molecule is Cc1cc(=O)c(C(=O)N(C)CCN(C)C2CCCC2)cn1C. The van der Waals surface area contributed by atoms with Gasteiger partial charge in [0.05, 0.1) is 0 Å². The summed E-state index contributed by atoms with van der Waals surface area (Å²) in [5.41, 5.74) is 0.904. The second kappa shape index (κ2) is 7.09. The van der Waals surface area contributed by atoms with Crippen molar-refractivity contribution in [3.8, 4) is 0 Å². The fraction of sp³-hybridized carbons (Fsp3) is 0.647. The molecule has 1 aromatic heterocycles. The lowest BCUT2D eigenvalue weighted by molar-refractivity contribution is 0.0772. The molecular formula is C17H27N3O2. The van der Waals surface area contributed by atoms with Crippen molar-refractivity contribution in [1.82, 2.24) is 14.4 Å². The lowest BCUT2D eigenvalue weighted by Gasteiger charge is -2.26. The molecular weight excluding hydrogens is 278 g/mol. The van der Waals surface area contributed by atoms with Gasteiger partial charge in [0.1, 0.15) is 5.56 Å². The Morgan fingerprint density at radius 3 is 2.55 bits per heavy atom. The molecule has 0 atom stereocenters. The van der Waals surface area contributed by atoms with E-state index >= 15 is 0 Å². The van der Waals surface area contributed by atoms with Crippen LogP contribution < -0.4 is 5.43 Å². The summed E-state index contributed by atoms with van der Waals surface area (Å²) in [4.78, 5) is 28.5. The molecule has 0 saturated heterocycles. The summed E-state index contributed by atoms with van der Waals surface area (Å²) in [6, 6.07) is 2.17. The molecule has 2 rings (SSSR count). The molecule has 1 heterocycles. The second-order valence-electron chi connectivity index (χ2n) is 6.45. The molecule has 22 heavy (non-hydrogen) atoms. The van der Waals surface area contributed by atoms with Gasteiger partial charge in [-0.25, -0.2) is 0 Å². The number of hydrogen-bond donors (Lipinski definition) is 0. The maximum Gasteiger partial charge on any atom is 0.259 e. The zero-order chi connectivity index (χ0) is 16.3. The number of carbonyl (C=O) groups is 1. The number of likely N-dealkylation sites (N-methyl/N-ethyl adjacent to an activating group) is 2. The number of hydrogen-bond acceptors (Lipinski definition) is 3. The number of amides is 1. The van der Waals surface area contributed by atoms with Gasteiger partial charge in [0.25, 0.3) is 5.91 Å². The van der Waals surface area contributed by atoms with E-state index in [1.807, 2.05) is 18.5 Å². The van der Waals surface area contributed by atoms with Gasteiger partial charge in [-0.15, -0.1) is 0 Å². The molecule has 1 aliphatic carbocycles. The predicted octanol–water partition coefficient (Wildman–Crippen LogP) is 1.64. The van der Waals surface area contributed by atoms with Crippen LogP contribution in [0.2, 0.25) is 0 Å². The molecule has 0 aliphatic heterocycles. The smallest absolute Gasteiger partial charge is 0.259 e.